The van der Waals surface area contributed by atoms with E-state index in [1.807, 2.05) is 10.9 Å². The molecule has 1 aromatic heterocycles. The van der Waals surface area contributed by atoms with Gasteiger partial charge in [0.2, 0.25) is 10.0 Å². The normalized spacial score (nSPS) is 17.3. The number of hydrogen-bond acceptors (Lipinski definition) is 5. The van der Waals surface area contributed by atoms with E-state index in [0.29, 0.717) is 11.3 Å². The van der Waals surface area contributed by atoms with Crippen LogP contribution in [0.25, 0.3) is 0 Å². The zero-order chi connectivity index (χ0) is 17.9. The van der Waals surface area contributed by atoms with E-state index in [1.165, 1.54) is 12.1 Å². The summed E-state index contributed by atoms with van der Waals surface area (Å²) >= 11 is 0. The zero-order valence-corrected chi connectivity index (χ0v) is 15.7. The topological polar surface area (TPSA) is 119 Å². The molecule has 0 spiro atoms. The van der Waals surface area contributed by atoms with Crippen LogP contribution in [0.4, 0.5) is 0 Å². The lowest BCUT2D eigenvalue weighted by Crippen LogP contribution is -2.32. The summed E-state index contributed by atoms with van der Waals surface area (Å²) in [5, 5.41) is 15.5. The Hall–Kier alpha value is -1.94. The molecule has 2 aromatic rings. The highest BCUT2D eigenvalue weighted by atomic mass is 35.5. The standard InChI is InChI=1S/C16H21N5O3S.ClH/c17-25(23,24)14-5-1-3-12(9-14)10-19-16(22)15-6-8-21(20-15)13-4-2-7-18-11-13;/h1,3,5-6,8-9,13,18H,2,4,7,10-11H2,(H,19,22)(H2,17,23,24);1H. The van der Waals surface area contributed by atoms with Gasteiger partial charge in [-0.25, -0.2) is 13.6 Å². The average molecular weight is 400 g/mol. The van der Waals surface area contributed by atoms with E-state index in [4.69, 9.17) is 5.14 Å². The van der Waals surface area contributed by atoms with Crippen LogP contribution in [0, 0.1) is 0 Å². The van der Waals surface area contributed by atoms with Crippen molar-refractivity contribution in [2.24, 2.45) is 5.14 Å². The maximum atomic E-state index is 12.3. The van der Waals surface area contributed by atoms with Crippen molar-refractivity contribution in [2.75, 3.05) is 13.1 Å². The van der Waals surface area contributed by atoms with Gasteiger partial charge in [0.1, 0.15) is 5.69 Å². The van der Waals surface area contributed by atoms with E-state index >= 15 is 0 Å². The molecule has 26 heavy (non-hydrogen) atoms. The molecule has 0 saturated carbocycles. The number of carbonyl (C=O) groups excluding carboxylic acids is 1. The van der Waals surface area contributed by atoms with E-state index < -0.39 is 10.0 Å². The predicted octanol–water partition coefficient (Wildman–Crippen LogP) is 0.807. The largest absolute Gasteiger partial charge is 0.347 e. The van der Waals surface area contributed by atoms with Crippen molar-refractivity contribution >= 4 is 28.3 Å². The van der Waals surface area contributed by atoms with Gasteiger partial charge in [-0.2, -0.15) is 5.10 Å². The van der Waals surface area contributed by atoms with Crippen LogP contribution in [0.5, 0.6) is 0 Å². The molecule has 142 valence electrons. The summed E-state index contributed by atoms with van der Waals surface area (Å²) in [4.78, 5) is 12.3. The van der Waals surface area contributed by atoms with Crippen LogP contribution in [0.1, 0.15) is 34.9 Å². The molecule has 0 radical (unpaired) electrons. The van der Waals surface area contributed by atoms with E-state index in [-0.39, 0.29) is 35.8 Å². The minimum atomic E-state index is -3.76. The van der Waals surface area contributed by atoms with Crippen LogP contribution in [-0.4, -0.2) is 37.2 Å². The zero-order valence-electron chi connectivity index (χ0n) is 14.1. The number of primary sulfonamides is 1. The molecule has 10 heteroatoms. The summed E-state index contributed by atoms with van der Waals surface area (Å²) in [5.41, 5.74) is 0.990. The van der Waals surface area contributed by atoms with Crippen LogP contribution in [0.3, 0.4) is 0 Å². The second-order valence-corrected chi connectivity index (χ2v) is 7.62. The molecule has 3 rings (SSSR count). The summed E-state index contributed by atoms with van der Waals surface area (Å²) in [6, 6.07) is 8.13. The smallest absolute Gasteiger partial charge is 0.272 e. The molecule has 1 fully saturated rings. The highest BCUT2D eigenvalue weighted by molar-refractivity contribution is 7.89. The number of amides is 1. The first-order chi connectivity index (χ1) is 11.9. The monoisotopic (exact) mass is 399 g/mol. The fourth-order valence-corrected chi connectivity index (χ4v) is 3.41. The molecule has 2 heterocycles. The second-order valence-electron chi connectivity index (χ2n) is 6.06. The average Bonchev–Trinajstić information content (AvgIpc) is 3.10. The second kappa shape index (κ2) is 8.63. The van der Waals surface area contributed by atoms with Gasteiger partial charge in [0.15, 0.2) is 0 Å². The Morgan fingerprint density at radius 1 is 1.38 bits per heavy atom. The third kappa shape index (κ3) is 5.04. The fourth-order valence-electron chi connectivity index (χ4n) is 2.83. The van der Waals surface area contributed by atoms with E-state index in [1.54, 1.807) is 18.2 Å². The molecule has 1 saturated heterocycles. The highest BCUT2D eigenvalue weighted by Gasteiger charge is 2.17. The highest BCUT2D eigenvalue weighted by Crippen LogP contribution is 2.16. The number of sulfonamides is 1. The van der Waals surface area contributed by atoms with Crippen LogP contribution < -0.4 is 15.8 Å². The van der Waals surface area contributed by atoms with Gasteiger partial charge < -0.3 is 10.6 Å². The Bertz CT molecular complexity index is 862. The number of benzene rings is 1. The maximum Gasteiger partial charge on any atom is 0.272 e. The number of hydrogen-bond donors (Lipinski definition) is 3. The van der Waals surface area contributed by atoms with Crippen molar-refractivity contribution in [3.05, 3.63) is 47.8 Å². The van der Waals surface area contributed by atoms with E-state index in [9.17, 15) is 13.2 Å². The molecule has 1 unspecified atom stereocenters. The molecule has 0 aliphatic carbocycles. The molecule has 1 aliphatic heterocycles. The van der Waals surface area contributed by atoms with Crippen LogP contribution in [0.2, 0.25) is 0 Å². The predicted molar refractivity (Wildman–Crippen MR) is 99.6 cm³/mol. The summed E-state index contributed by atoms with van der Waals surface area (Å²) in [7, 11) is -3.76. The van der Waals surface area contributed by atoms with E-state index in [2.05, 4.69) is 15.7 Å². The summed E-state index contributed by atoms with van der Waals surface area (Å²) < 4.78 is 24.6. The number of aromatic nitrogens is 2. The van der Waals surface area contributed by atoms with Crippen LogP contribution in [0.15, 0.2) is 41.4 Å². The number of halogens is 1. The third-order valence-corrected chi connectivity index (χ3v) is 5.08. The first-order valence-corrected chi connectivity index (χ1v) is 9.64. The SMILES string of the molecule is Cl.NS(=O)(=O)c1cccc(CNC(=O)c2ccn(C3CCCNC3)n2)c1. The first-order valence-electron chi connectivity index (χ1n) is 8.09. The Morgan fingerprint density at radius 3 is 2.88 bits per heavy atom. The number of nitrogens with zero attached hydrogens (tertiary/aromatic N) is 2. The third-order valence-electron chi connectivity index (χ3n) is 4.17. The quantitative estimate of drug-likeness (QED) is 0.687. The number of nitrogens with one attached hydrogen (secondary N) is 2. The minimum absolute atomic E-state index is 0. The minimum Gasteiger partial charge on any atom is -0.347 e. The molecule has 8 nitrogen and oxygen atoms in total. The Morgan fingerprint density at radius 2 is 2.19 bits per heavy atom. The van der Waals surface area contributed by atoms with Gasteiger partial charge in [0.25, 0.3) is 5.91 Å². The van der Waals surface area contributed by atoms with Gasteiger partial charge in [-0.1, -0.05) is 12.1 Å². The van der Waals surface area contributed by atoms with Crippen LogP contribution in [-0.2, 0) is 16.6 Å². The lowest BCUT2D eigenvalue weighted by atomic mass is 10.1. The van der Waals surface area contributed by atoms with Gasteiger partial charge in [0.05, 0.1) is 10.9 Å². The summed E-state index contributed by atoms with van der Waals surface area (Å²) in [6.45, 7) is 2.06. The van der Waals surface area contributed by atoms with Gasteiger partial charge in [-0.15, -0.1) is 12.4 Å². The number of nitrogens with two attached hydrogens (primary N) is 1. The lowest BCUT2D eigenvalue weighted by molar-refractivity contribution is 0.0944. The Labute approximate surface area is 158 Å². The molecule has 1 aromatic carbocycles. The van der Waals surface area contributed by atoms with Crippen molar-refractivity contribution in [1.82, 2.24) is 20.4 Å². The van der Waals surface area contributed by atoms with E-state index in [0.717, 1.165) is 25.9 Å². The Kier molecular flexibility index (Phi) is 6.76. The van der Waals surface area contributed by atoms with Crippen LogP contribution >= 0.6 is 12.4 Å². The summed E-state index contributed by atoms with van der Waals surface area (Å²) in [6.07, 6.45) is 3.94. The fraction of sp³-hybridized carbons (Fsp3) is 0.375. The maximum absolute atomic E-state index is 12.3. The van der Waals surface area contributed by atoms with Crippen molar-refractivity contribution in [3.8, 4) is 0 Å². The van der Waals surface area contributed by atoms with Crippen molar-refractivity contribution in [3.63, 3.8) is 0 Å². The number of carbonyl (C=O) groups is 1. The van der Waals surface area contributed by atoms with Gasteiger partial charge in [0, 0.05) is 19.3 Å². The molecular formula is C16H22ClN5O3S. The van der Waals surface area contributed by atoms with Crippen molar-refractivity contribution < 1.29 is 13.2 Å². The molecule has 1 atom stereocenters. The van der Waals surface area contributed by atoms with Gasteiger partial charge >= 0.3 is 0 Å². The molecule has 1 aliphatic rings. The first kappa shape index (κ1) is 20.4. The molecular weight excluding hydrogens is 378 g/mol. The Balaban J connectivity index is 0.00000243. The number of piperidine rings is 1. The van der Waals surface area contributed by atoms with Gasteiger partial charge in [-0.05, 0) is 43.1 Å². The lowest BCUT2D eigenvalue weighted by Gasteiger charge is -2.22. The van der Waals surface area contributed by atoms with Crippen molar-refractivity contribution in [2.45, 2.75) is 30.3 Å². The molecule has 0 bridgehead atoms. The molecule has 4 N–H and O–H groups in total. The molecule has 1 amide bonds. The van der Waals surface area contributed by atoms with Gasteiger partial charge in [-0.3, -0.25) is 9.48 Å². The van der Waals surface area contributed by atoms with Crippen molar-refractivity contribution in [1.29, 1.82) is 0 Å². The number of rotatable bonds is 5. The summed E-state index contributed by atoms with van der Waals surface area (Å²) in [5.74, 6) is -0.302.